The summed E-state index contributed by atoms with van der Waals surface area (Å²) in [5, 5.41) is 0. The summed E-state index contributed by atoms with van der Waals surface area (Å²) >= 11 is 0. The van der Waals surface area contributed by atoms with Crippen molar-refractivity contribution >= 4 is 0 Å². The Morgan fingerprint density at radius 1 is 0.531 bits per heavy atom. The van der Waals surface area contributed by atoms with Crippen LogP contribution < -0.4 is 0 Å². The third kappa shape index (κ3) is 227. The van der Waals surface area contributed by atoms with Crippen molar-refractivity contribution < 1.29 is 32.7 Å². The van der Waals surface area contributed by atoms with Gasteiger partial charge in [-0.2, -0.15) is 6.92 Å². The van der Waals surface area contributed by atoms with E-state index in [0.717, 1.165) is 36.5 Å². The number of hydrogen-bond donors (Lipinski definition) is 0. The van der Waals surface area contributed by atoms with Gasteiger partial charge in [0.25, 0.3) is 0 Å². The summed E-state index contributed by atoms with van der Waals surface area (Å²) in [5.41, 5.74) is 2.43. The molecular weight excluding hydrogens is 846 g/mol. The molecule has 1 heteroatoms. The quantitative estimate of drug-likeness (QED) is 0.0494. The summed E-state index contributed by atoms with van der Waals surface area (Å²) < 4.78 is 0. The van der Waals surface area contributed by atoms with Crippen LogP contribution in [0.1, 0.15) is 303 Å². The molecule has 0 fully saturated rings. The second-order valence-electron chi connectivity index (χ2n) is 15.2. The molecule has 0 aliphatic rings. The number of unbranched alkanes of at least 4 members (excludes halogenated alkanes) is 2. The van der Waals surface area contributed by atoms with Crippen LogP contribution in [0.3, 0.4) is 0 Å². The van der Waals surface area contributed by atoms with E-state index in [1.807, 2.05) is 82.2 Å². The normalized spacial score (nSPS) is 9.02. The first-order chi connectivity index (χ1) is 30.0. The number of allylic oxidation sites excluding steroid dienone is 5. The topological polar surface area (TPSA) is 0 Å². The van der Waals surface area contributed by atoms with Gasteiger partial charge in [0, 0.05) is 32.7 Å². The average molecular weight is 986 g/mol. The second-order valence-corrected chi connectivity index (χ2v) is 15.2. The van der Waals surface area contributed by atoms with E-state index >= 15 is 0 Å². The maximum atomic E-state index is 4.00. The van der Waals surface area contributed by atoms with Crippen LogP contribution in [-0.2, 0) is 32.7 Å². The first kappa shape index (κ1) is 105. The molecule has 0 aliphatic carbocycles. The maximum absolute atomic E-state index is 4.00. The molecule has 0 saturated carbocycles. The largest absolute Gasteiger partial charge is 0.346 e. The molecule has 0 aromatic rings. The van der Waals surface area contributed by atoms with Crippen LogP contribution in [0.4, 0.5) is 0 Å². The maximum Gasteiger partial charge on any atom is 0 e. The monoisotopic (exact) mass is 985 g/mol. The summed E-state index contributed by atoms with van der Waals surface area (Å²) in [6.45, 7) is 77.6. The van der Waals surface area contributed by atoms with Crippen molar-refractivity contribution in [3.05, 3.63) is 69.2 Å². The summed E-state index contributed by atoms with van der Waals surface area (Å²) in [6, 6.07) is 0. The fourth-order valence-electron chi connectivity index (χ4n) is 4.11. The first-order valence-electron chi connectivity index (χ1n) is 27.1. The fraction of sp³-hybridized carbons (Fsp3) is 0.794. The van der Waals surface area contributed by atoms with Crippen molar-refractivity contribution in [1.29, 1.82) is 0 Å². The summed E-state index contributed by atoms with van der Waals surface area (Å²) in [7, 11) is 0. The molecule has 64 heavy (non-hydrogen) atoms. The van der Waals surface area contributed by atoms with Crippen LogP contribution in [0.2, 0.25) is 0 Å². The molecule has 0 saturated heterocycles. The third-order valence-electron chi connectivity index (χ3n) is 8.37. The van der Waals surface area contributed by atoms with E-state index in [2.05, 4.69) is 169 Å². The smallest absolute Gasteiger partial charge is 0 e. The second kappa shape index (κ2) is 137. The van der Waals surface area contributed by atoms with E-state index < -0.39 is 0 Å². The van der Waals surface area contributed by atoms with Crippen LogP contribution in [0.15, 0.2) is 62.3 Å². The Morgan fingerprint density at radius 2 is 0.859 bits per heavy atom. The molecule has 0 rings (SSSR count). The summed E-state index contributed by atoms with van der Waals surface area (Å²) in [6.07, 6.45) is 38.5. The Kier molecular flexibility index (Phi) is 226. The van der Waals surface area contributed by atoms with Crippen molar-refractivity contribution in [2.24, 2.45) is 29.6 Å². The molecule has 0 N–H and O–H groups in total. The summed E-state index contributed by atoms with van der Waals surface area (Å²) in [5.74, 6) is 4.52. The standard InChI is InChI=1S/2C9H20.C8H14.C8H18.C6H12.C5H12.C4H8.4C2H6.C2H5.C2H4.C2H2.Y/c1-4-6-7-8-9(3)5-2;1-4-7-9(6-3)8-5-2;1-4-5-6-7-8(2)3;1-4-6-8(3)7-5-2;1-4-6(3)5-2;1-4-5(2)3;1-4(2)3;7*1-2;/h2*9H,4-8H2,1-3H3;4-5H,2,6-7H2,1,3H3;8H,4-7H2,1-3H3;4,6H,1,5H2,2-3H3;5H,4H2,1-3H3;1H2,2-3H3;4*1-2H3;1H2,2H3;1-2H2;1-2H;/q;;;;;;;;;;;-1;;;/b;;5-4+;;;;;;;;;;;;. The predicted molar refractivity (Wildman–Crippen MR) is 318 cm³/mol. The molecule has 0 aromatic carbocycles. The Bertz CT molecular complexity index is 636. The van der Waals surface area contributed by atoms with E-state index in [0.29, 0.717) is 5.92 Å². The summed E-state index contributed by atoms with van der Waals surface area (Å²) in [4.78, 5) is 0. The van der Waals surface area contributed by atoms with Gasteiger partial charge in [-0.1, -0.05) is 284 Å². The van der Waals surface area contributed by atoms with E-state index in [4.69, 9.17) is 0 Å². The van der Waals surface area contributed by atoms with Gasteiger partial charge in [0.15, 0.2) is 0 Å². The Labute approximate surface area is 443 Å². The molecule has 0 aromatic heterocycles. The minimum Gasteiger partial charge on any atom is -0.346 e. The molecule has 0 aliphatic heterocycles. The zero-order valence-corrected chi connectivity index (χ0v) is 54.2. The average Bonchev–Trinajstić information content (AvgIpc) is 3.31. The van der Waals surface area contributed by atoms with Gasteiger partial charge in [0.1, 0.15) is 0 Å². The molecule has 2 atom stereocenters. The molecular formula is C63H139Y-. The number of terminal acetylenes is 1. The number of rotatable bonds is 20. The number of hydrogen-bond acceptors (Lipinski definition) is 0. The molecule has 2 unspecified atom stereocenters. The van der Waals surface area contributed by atoms with Gasteiger partial charge in [-0.15, -0.1) is 45.7 Å². The van der Waals surface area contributed by atoms with Crippen LogP contribution >= 0.6 is 0 Å². The zero-order chi connectivity index (χ0) is 53.9. The van der Waals surface area contributed by atoms with Gasteiger partial charge in [-0.05, 0) is 70.1 Å². The van der Waals surface area contributed by atoms with Crippen LogP contribution in [0.25, 0.3) is 0 Å². The predicted octanol–water partition coefficient (Wildman–Crippen LogP) is 25.2. The van der Waals surface area contributed by atoms with Gasteiger partial charge in [0.05, 0.1) is 0 Å². The Balaban J connectivity index is -0.0000000323. The van der Waals surface area contributed by atoms with Gasteiger partial charge in [-0.25, -0.2) is 0 Å². The Hall–Kier alpha value is -0.636. The van der Waals surface area contributed by atoms with Crippen molar-refractivity contribution in [3.63, 3.8) is 0 Å². The molecule has 1 radical (unpaired) electrons. The van der Waals surface area contributed by atoms with E-state index in [1.165, 1.54) is 114 Å². The fourth-order valence-corrected chi connectivity index (χ4v) is 4.11. The molecule has 0 bridgehead atoms. The SMILES string of the molecule is C#C.C=C.C=C(C)C.C=C(C)CC/C=C/C.C=CC(C)CC.CC.CC.CC.CC.CCC(C)C.CCCC(C)CCC.CCCC(CC)CCC.CCCCCC(C)CC.[CH2-]C.[Y]. The molecule has 395 valence electrons. The van der Waals surface area contributed by atoms with Gasteiger partial charge < -0.3 is 6.92 Å². The van der Waals surface area contributed by atoms with E-state index in [1.54, 1.807) is 6.92 Å². The van der Waals surface area contributed by atoms with E-state index in [9.17, 15) is 0 Å². The van der Waals surface area contributed by atoms with Crippen LogP contribution in [0.5, 0.6) is 0 Å². The van der Waals surface area contributed by atoms with Crippen molar-refractivity contribution in [3.8, 4) is 12.8 Å². The van der Waals surface area contributed by atoms with E-state index in [-0.39, 0.29) is 32.7 Å². The first-order valence-corrected chi connectivity index (χ1v) is 27.1. The van der Waals surface area contributed by atoms with Gasteiger partial charge in [-0.3, -0.25) is 0 Å². The molecule has 0 heterocycles. The van der Waals surface area contributed by atoms with Crippen molar-refractivity contribution in [2.45, 2.75) is 303 Å². The van der Waals surface area contributed by atoms with Crippen molar-refractivity contribution in [1.82, 2.24) is 0 Å². The minimum atomic E-state index is 0. The minimum absolute atomic E-state index is 0. The van der Waals surface area contributed by atoms with Gasteiger partial charge in [0.2, 0.25) is 0 Å². The molecule has 0 nitrogen and oxygen atoms in total. The Morgan fingerprint density at radius 3 is 1.03 bits per heavy atom. The zero-order valence-electron chi connectivity index (χ0n) is 51.3. The van der Waals surface area contributed by atoms with Crippen molar-refractivity contribution in [2.75, 3.05) is 0 Å². The van der Waals surface area contributed by atoms with Crippen LogP contribution in [-0.4, -0.2) is 0 Å². The molecule has 0 spiro atoms. The third-order valence-corrected chi connectivity index (χ3v) is 8.37. The molecule has 0 amide bonds. The van der Waals surface area contributed by atoms with Crippen LogP contribution in [0, 0.1) is 49.4 Å². The van der Waals surface area contributed by atoms with Gasteiger partial charge >= 0.3 is 0 Å².